The van der Waals surface area contributed by atoms with Gasteiger partial charge in [0.15, 0.2) is 5.78 Å². The molecule has 7 nitrogen and oxygen atoms in total. The van der Waals surface area contributed by atoms with Gasteiger partial charge in [0.2, 0.25) is 0 Å². The first-order chi connectivity index (χ1) is 13.7. The maximum absolute atomic E-state index is 13.3. The zero-order chi connectivity index (χ0) is 21.1. The van der Waals surface area contributed by atoms with E-state index in [0.717, 1.165) is 15.8 Å². The lowest BCUT2D eigenvalue weighted by Gasteiger charge is -2.39. The van der Waals surface area contributed by atoms with Gasteiger partial charge < -0.3 is 10.1 Å². The summed E-state index contributed by atoms with van der Waals surface area (Å²) in [6.07, 6.45) is 1.06. The Labute approximate surface area is 168 Å². The van der Waals surface area contributed by atoms with Crippen molar-refractivity contribution in [1.29, 1.82) is 0 Å². The summed E-state index contributed by atoms with van der Waals surface area (Å²) in [7, 11) is 4.66. The summed E-state index contributed by atoms with van der Waals surface area (Å²) in [5.41, 5.74) is 1.49. The van der Waals surface area contributed by atoms with Gasteiger partial charge in [-0.2, -0.15) is 0 Å². The minimum absolute atomic E-state index is 0.0150. The zero-order valence-corrected chi connectivity index (χ0v) is 17.3. The van der Waals surface area contributed by atoms with Crippen LogP contribution < -0.4 is 21.3 Å². The standard InChI is InChI=1S/C22H25N3O4/c1-22(2)10-13-17(14(26)11-22)16(12-8-6-7-9-15(12)29-5)18-19(23-13)24(3)21(28)25(4)20(18)27/h6-9,16,23H,10-11H2,1-5H3. The number of fused-ring (bicyclic) bond motifs is 1. The predicted molar refractivity (Wildman–Crippen MR) is 110 cm³/mol. The third-order valence-electron chi connectivity index (χ3n) is 5.92. The normalized spacial score (nSPS) is 20.0. The number of carbonyl (C=O) groups excluding carboxylic acids is 1. The van der Waals surface area contributed by atoms with E-state index >= 15 is 0 Å². The van der Waals surface area contributed by atoms with Crippen molar-refractivity contribution in [3.63, 3.8) is 0 Å². The van der Waals surface area contributed by atoms with E-state index < -0.39 is 17.2 Å². The van der Waals surface area contributed by atoms with Crippen LogP contribution >= 0.6 is 0 Å². The molecule has 1 aromatic heterocycles. The number of methoxy groups -OCH3 is 1. The van der Waals surface area contributed by atoms with Crippen molar-refractivity contribution in [3.05, 3.63) is 67.5 Å². The van der Waals surface area contributed by atoms with Crippen LogP contribution in [-0.4, -0.2) is 22.0 Å². The molecule has 0 saturated heterocycles. The second kappa shape index (κ2) is 6.47. The number of aromatic nitrogens is 2. The van der Waals surface area contributed by atoms with Gasteiger partial charge in [0.25, 0.3) is 5.56 Å². The Morgan fingerprint density at radius 1 is 1.07 bits per heavy atom. The number of allylic oxidation sites excluding steroid dienone is 2. The van der Waals surface area contributed by atoms with Crippen molar-refractivity contribution in [2.75, 3.05) is 12.4 Å². The van der Waals surface area contributed by atoms with Gasteiger partial charge in [0.1, 0.15) is 11.6 Å². The van der Waals surface area contributed by atoms with Crippen LogP contribution in [-0.2, 0) is 18.9 Å². The number of Topliss-reactive ketones (excluding diaryl/α,β-unsaturated/α-hetero) is 1. The number of hydrogen-bond donors (Lipinski definition) is 1. The van der Waals surface area contributed by atoms with Crippen molar-refractivity contribution < 1.29 is 9.53 Å². The molecular formula is C22H25N3O4. The van der Waals surface area contributed by atoms with Crippen molar-refractivity contribution >= 4 is 11.6 Å². The molecule has 0 saturated carbocycles. The van der Waals surface area contributed by atoms with Crippen LogP contribution in [0.1, 0.15) is 43.7 Å². The molecule has 0 radical (unpaired) electrons. The van der Waals surface area contributed by atoms with Crippen LogP contribution in [0.25, 0.3) is 0 Å². The largest absolute Gasteiger partial charge is 0.496 e. The first-order valence-electron chi connectivity index (χ1n) is 9.62. The average Bonchev–Trinajstić information content (AvgIpc) is 2.68. The monoisotopic (exact) mass is 395 g/mol. The minimum atomic E-state index is -0.591. The van der Waals surface area contributed by atoms with E-state index in [1.807, 2.05) is 38.1 Å². The predicted octanol–water partition coefficient (Wildman–Crippen LogP) is 2.29. The van der Waals surface area contributed by atoms with E-state index in [0.29, 0.717) is 35.5 Å². The number of anilines is 1. The maximum atomic E-state index is 13.3. The Morgan fingerprint density at radius 2 is 1.76 bits per heavy atom. The number of carbonyl (C=O) groups is 1. The molecule has 2 aliphatic rings. The van der Waals surface area contributed by atoms with Crippen LogP contribution in [0.5, 0.6) is 5.75 Å². The first-order valence-corrected chi connectivity index (χ1v) is 9.62. The smallest absolute Gasteiger partial charge is 0.332 e. The molecule has 0 bridgehead atoms. The molecule has 0 amide bonds. The Kier molecular flexibility index (Phi) is 4.29. The molecule has 152 valence electrons. The minimum Gasteiger partial charge on any atom is -0.496 e. The summed E-state index contributed by atoms with van der Waals surface area (Å²) in [6, 6.07) is 7.41. The van der Waals surface area contributed by atoms with Gasteiger partial charge in [-0.25, -0.2) is 4.79 Å². The van der Waals surface area contributed by atoms with Crippen molar-refractivity contribution in [2.45, 2.75) is 32.6 Å². The van der Waals surface area contributed by atoms with Crippen molar-refractivity contribution in [3.8, 4) is 5.75 Å². The van der Waals surface area contributed by atoms with E-state index in [2.05, 4.69) is 5.32 Å². The molecule has 1 unspecified atom stereocenters. The molecule has 0 spiro atoms. The second-order valence-electron chi connectivity index (χ2n) is 8.60. The highest BCUT2D eigenvalue weighted by atomic mass is 16.5. The number of benzene rings is 1. The Bertz CT molecular complexity index is 1180. The highest BCUT2D eigenvalue weighted by molar-refractivity contribution is 6.01. The Balaban J connectivity index is 2.11. The SMILES string of the molecule is COc1ccccc1C1C2=C(CC(C)(C)CC2=O)Nc2c1c(=O)n(C)c(=O)n2C. The first kappa shape index (κ1) is 19.2. The highest BCUT2D eigenvalue weighted by Gasteiger charge is 2.43. The molecule has 2 heterocycles. The summed E-state index contributed by atoms with van der Waals surface area (Å²) >= 11 is 0. The van der Waals surface area contributed by atoms with Gasteiger partial charge in [-0.15, -0.1) is 0 Å². The summed E-state index contributed by atoms with van der Waals surface area (Å²) in [6.45, 7) is 4.10. The van der Waals surface area contributed by atoms with Gasteiger partial charge in [-0.05, 0) is 17.9 Å². The third-order valence-corrected chi connectivity index (χ3v) is 5.92. The highest BCUT2D eigenvalue weighted by Crippen LogP contribution is 2.49. The van der Waals surface area contributed by atoms with Crippen LogP contribution in [0.15, 0.2) is 45.1 Å². The van der Waals surface area contributed by atoms with E-state index in [1.54, 1.807) is 14.2 Å². The van der Waals surface area contributed by atoms with Gasteiger partial charge in [-0.3, -0.25) is 18.7 Å². The molecule has 1 aromatic carbocycles. The molecule has 4 rings (SSSR count). The van der Waals surface area contributed by atoms with E-state index in [1.165, 1.54) is 11.6 Å². The summed E-state index contributed by atoms with van der Waals surface area (Å²) < 4.78 is 8.09. The van der Waals surface area contributed by atoms with Crippen LogP contribution in [0, 0.1) is 5.41 Å². The molecular weight excluding hydrogens is 370 g/mol. The molecule has 29 heavy (non-hydrogen) atoms. The average molecular weight is 395 g/mol. The van der Waals surface area contributed by atoms with E-state index in [9.17, 15) is 14.4 Å². The molecule has 1 atom stereocenters. The maximum Gasteiger partial charge on any atom is 0.332 e. The quantitative estimate of drug-likeness (QED) is 0.844. The molecule has 7 heteroatoms. The number of ketones is 1. The number of hydrogen-bond acceptors (Lipinski definition) is 5. The third kappa shape index (κ3) is 2.84. The number of para-hydroxylation sites is 1. The van der Waals surface area contributed by atoms with E-state index in [-0.39, 0.29) is 11.2 Å². The second-order valence-corrected chi connectivity index (χ2v) is 8.60. The van der Waals surface area contributed by atoms with Crippen LogP contribution in [0.4, 0.5) is 5.82 Å². The summed E-state index contributed by atoms with van der Waals surface area (Å²) in [4.78, 5) is 39.0. The van der Waals surface area contributed by atoms with Gasteiger partial charge in [0, 0.05) is 37.3 Å². The van der Waals surface area contributed by atoms with Crippen LogP contribution in [0.3, 0.4) is 0 Å². The fourth-order valence-corrected chi connectivity index (χ4v) is 4.57. The number of ether oxygens (including phenoxy) is 1. The lowest BCUT2D eigenvalue weighted by Crippen LogP contribution is -2.45. The molecule has 1 aliphatic carbocycles. The van der Waals surface area contributed by atoms with Crippen molar-refractivity contribution in [2.24, 2.45) is 19.5 Å². The fraction of sp³-hybridized carbons (Fsp3) is 0.409. The zero-order valence-electron chi connectivity index (χ0n) is 17.3. The summed E-state index contributed by atoms with van der Waals surface area (Å²) in [5.74, 6) is 0.469. The lowest BCUT2D eigenvalue weighted by molar-refractivity contribution is -0.118. The molecule has 0 fully saturated rings. The van der Waals surface area contributed by atoms with E-state index in [4.69, 9.17) is 4.74 Å². The Hall–Kier alpha value is -3.09. The lowest BCUT2D eigenvalue weighted by atomic mass is 9.69. The fourth-order valence-electron chi connectivity index (χ4n) is 4.57. The van der Waals surface area contributed by atoms with Crippen molar-refractivity contribution in [1.82, 2.24) is 9.13 Å². The Morgan fingerprint density at radius 3 is 2.45 bits per heavy atom. The topological polar surface area (TPSA) is 82.3 Å². The summed E-state index contributed by atoms with van der Waals surface area (Å²) in [5, 5.41) is 3.27. The number of nitrogens with zero attached hydrogens (tertiary/aromatic N) is 2. The number of nitrogens with one attached hydrogen (secondary N) is 1. The molecule has 1 aliphatic heterocycles. The molecule has 1 N–H and O–H groups in total. The van der Waals surface area contributed by atoms with Gasteiger partial charge >= 0.3 is 5.69 Å². The van der Waals surface area contributed by atoms with Gasteiger partial charge in [-0.1, -0.05) is 32.0 Å². The molecule has 2 aromatic rings. The van der Waals surface area contributed by atoms with Crippen LogP contribution in [0.2, 0.25) is 0 Å². The number of rotatable bonds is 2. The van der Waals surface area contributed by atoms with Gasteiger partial charge in [0.05, 0.1) is 18.6 Å².